The zero-order valence-corrected chi connectivity index (χ0v) is 16.0. The van der Waals surface area contributed by atoms with Gasteiger partial charge in [-0.25, -0.2) is 0 Å². The van der Waals surface area contributed by atoms with Gasteiger partial charge in [0.2, 0.25) is 0 Å². The van der Waals surface area contributed by atoms with Crippen LogP contribution in [0.1, 0.15) is 42.1 Å². The van der Waals surface area contributed by atoms with Crippen LogP contribution < -0.4 is 15.4 Å². The highest BCUT2D eigenvalue weighted by atomic mass is 16.5. The van der Waals surface area contributed by atoms with Crippen LogP contribution in [0, 0.1) is 0 Å². The fraction of sp³-hybridized carbons (Fsp3) is 0.409. The first-order valence-electron chi connectivity index (χ1n) is 9.28. The summed E-state index contributed by atoms with van der Waals surface area (Å²) in [6.45, 7) is 3.70. The van der Waals surface area contributed by atoms with Crippen LogP contribution in [0.5, 0.6) is 5.75 Å². The summed E-state index contributed by atoms with van der Waals surface area (Å²) in [6, 6.07) is 17.8. The third kappa shape index (κ3) is 4.85. The number of hydrogen-bond donors (Lipinski definition) is 2. The van der Waals surface area contributed by atoms with Crippen molar-refractivity contribution in [3.63, 3.8) is 0 Å². The second-order valence-corrected chi connectivity index (χ2v) is 6.63. The highest BCUT2D eigenvalue weighted by Gasteiger charge is 2.31. The molecule has 2 aromatic carbocycles. The molecule has 0 radical (unpaired) electrons. The van der Waals surface area contributed by atoms with Crippen LogP contribution in [0.4, 0.5) is 0 Å². The molecular formula is C22H30N2O2. The Hall–Kier alpha value is -2.33. The number of nitrogens with one attached hydrogen (secondary N) is 2. The topological polar surface area (TPSA) is 50.4 Å². The van der Waals surface area contributed by atoms with Crippen molar-refractivity contribution in [2.24, 2.45) is 0 Å². The smallest absolute Gasteiger partial charge is 0.255 e. The van der Waals surface area contributed by atoms with Crippen LogP contribution in [-0.2, 0) is 5.41 Å². The number of carbonyl (C=O) groups excluding carboxylic acids is 1. The number of ether oxygens (including phenoxy) is 1. The number of amides is 1. The molecule has 0 aliphatic carbocycles. The molecule has 0 saturated carbocycles. The fourth-order valence-corrected chi connectivity index (χ4v) is 3.50. The molecule has 2 rings (SSSR count). The molecule has 4 heteroatoms. The molecule has 4 nitrogen and oxygen atoms in total. The molecule has 2 N–H and O–H groups in total. The maximum Gasteiger partial charge on any atom is 0.255 e. The van der Waals surface area contributed by atoms with Gasteiger partial charge in [-0.3, -0.25) is 4.79 Å². The monoisotopic (exact) mass is 354 g/mol. The summed E-state index contributed by atoms with van der Waals surface area (Å²) in [6.07, 6.45) is 3.04. The Morgan fingerprint density at radius 2 is 1.73 bits per heavy atom. The number of rotatable bonds is 10. The standard InChI is InChI=1S/C22H30N2O2/c1-4-14-22(15-16-23-2,18-10-6-5-7-11-18)17-24-21(25)19-12-8-9-13-20(19)26-3/h5-13,23H,4,14-17H2,1-3H3,(H,24,25)/t22-/m0/s1. The third-order valence-corrected chi connectivity index (χ3v) is 4.91. The lowest BCUT2D eigenvalue weighted by atomic mass is 9.74. The molecule has 0 heterocycles. The molecule has 26 heavy (non-hydrogen) atoms. The molecule has 0 spiro atoms. The summed E-state index contributed by atoms with van der Waals surface area (Å²) >= 11 is 0. The van der Waals surface area contributed by atoms with Crippen molar-refractivity contribution < 1.29 is 9.53 Å². The SMILES string of the molecule is CCC[C@](CCNC)(CNC(=O)c1ccccc1OC)c1ccccc1. The van der Waals surface area contributed by atoms with Gasteiger partial charge in [-0.1, -0.05) is 55.8 Å². The van der Waals surface area contributed by atoms with E-state index in [-0.39, 0.29) is 11.3 Å². The van der Waals surface area contributed by atoms with Gasteiger partial charge in [0.15, 0.2) is 0 Å². The van der Waals surface area contributed by atoms with E-state index in [4.69, 9.17) is 4.74 Å². The number of hydrogen-bond acceptors (Lipinski definition) is 3. The Kier molecular flexibility index (Phi) is 7.67. The van der Waals surface area contributed by atoms with Crippen molar-refractivity contribution in [2.75, 3.05) is 27.2 Å². The highest BCUT2D eigenvalue weighted by Crippen LogP contribution is 2.32. The molecule has 0 bridgehead atoms. The van der Waals surface area contributed by atoms with Gasteiger partial charge >= 0.3 is 0 Å². The number of para-hydroxylation sites is 1. The third-order valence-electron chi connectivity index (χ3n) is 4.91. The molecule has 0 fully saturated rings. The molecule has 0 aromatic heterocycles. The van der Waals surface area contributed by atoms with Crippen LogP contribution >= 0.6 is 0 Å². The predicted molar refractivity (Wildman–Crippen MR) is 107 cm³/mol. The van der Waals surface area contributed by atoms with Gasteiger partial charge in [0.25, 0.3) is 5.91 Å². The zero-order chi connectivity index (χ0) is 18.8. The summed E-state index contributed by atoms with van der Waals surface area (Å²) in [5.41, 5.74) is 1.76. The van der Waals surface area contributed by atoms with E-state index in [2.05, 4.69) is 41.8 Å². The summed E-state index contributed by atoms with van der Waals surface area (Å²) in [5, 5.41) is 6.42. The minimum atomic E-state index is -0.0942. The Balaban J connectivity index is 2.24. The van der Waals surface area contributed by atoms with Crippen LogP contribution in [0.15, 0.2) is 54.6 Å². The normalized spacial score (nSPS) is 13.0. The molecule has 140 valence electrons. The fourth-order valence-electron chi connectivity index (χ4n) is 3.50. The number of benzene rings is 2. The minimum absolute atomic E-state index is 0.0866. The lowest BCUT2D eigenvalue weighted by molar-refractivity contribution is 0.0937. The van der Waals surface area contributed by atoms with Gasteiger partial charge in [-0.15, -0.1) is 0 Å². The van der Waals surface area contributed by atoms with E-state index in [0.717, 1.165) is 25.8 Å². The predicted octanol–water partition coefficient (Wildman–Crippen LogP) is 3.77. The van der Waals surface area contributed by atoms with Gasteiger partial charge < -0.3 is 15.4 Å². The van der Waals surface area contributed by atoms with Gasteiger partial charge in [-0.05, 0) is 44.1 Å². The lowest BCUT2D eigenvalue weighted by Gasteiger charge is -2.35. The summed E-state index contributed by atoms with van der Waals surface area (Å²) in [4.78, 5) is 12.8. The van der Waals surface area contributed by atoms with Crippen LogP contribution in [-0.4, -0.2) is 33.2 Å². The summed E-state index contributed by atoms with van der Waals surface area (Å²) in [7, 11) is 3.56. The van der Waals surface area contributed by atoms with E-state index in [1.165, 1.54) is 5.56 Å². The van der Waals surface area contributed by atoms with Gasteiger partial charge in [-0.2, -0.15) is 0 Å². The van der Waals surface area contributed by atoms with Crippen molar-refractivity contribution >= 4 is 5.91 Å². The van der Waals surface area contributed by atoms with E-state index >= 15 is 0 Å². The van der Waals surface area contributed by atoms with Crippen LogP contribution in [0.2, 0.25) is 0 Å². The first-order chi connectivity index (χ1) is 12.7. The Morgan fingerprint density at radius 3 is 2.38 bits per heavy atom. The molecule has 0 aliphatic rings. The van der Waals surface area contributed by atoms with Gasteiger partial charge in [0, 0.05) is 12.0 Å². The molecular weight excluding hydrogens is 324 g/mol. The molecule has 0 unspecified atom stereocenters. The van der Waals surface area contributed by atoms with E-state index in [1.54, 1.807) is 13.2 Å². The Morgan fingerprint density at radius 1 is 1.04 bits per heavy atom. The molecule has 1 amide bonds. The Bertz CT molecular complexity index is 688. The second-order valence-electron chi connectivity index (χ2n) is 6.63. The van der Waals surface area contributed by atoms with Crippen molar-refractivity contribution in [2.45, 2.75) is 31.6 Å². The second kappa shape index (κ2) is 9.97. The van der Waals surface area contributed by atoms with Gasteiger partial charge in [0.05, 0.1) is 12.7 Å². The first kappa shape index (κ1) is 20.0. The van der Waals surface area contributed by atoms with E-state index < -0.39 is 0 Å². The van der Waals surface area contributed by atoms with Crippen LogP contribution in [0.25, 0.3) is 0 Å². The van der Waals surface area contributed by atoms with Crippen molar-refractivity contribution in [1.29, 1.82) is 0 Å². The highest BCUT2D eigenvalue weighted by molar-refractivity contribution is 5.96. The quantitative estimate of drug-likeness (QED) is 0.683. The molecule has 1 atom stereocenters. The lowest BCUT2D eigenvalue weighted by Crippen LogP contribution is -2.42. The average molecular weight is 354 g/mol. The first-order valence-corrected chi connectivity index (χ1v) is 9.28. The van der Waals surface area contributed by atoms with E-state index in [1.807, 2.05) is 31.3 Å². The van der Waals surface area contributed by atoms with Crippen LogP contribution in [0.3, 0.4) is 0 Å². The average Bonchev–Trinajstić information content (AvgIpc) is 2.70. The summed E-state index contributed by atoms with van der Waals surface area (Å²) < 4.78 is 5.32. The zero-order valence-electron chi connectivity index (χ0n) is 16.0. The van der Waals surface area contributed by atoms with Gasteiger partial charge in [0.1, 0.15) is 5.75 Å². The van der Waals surface area contributed by atoms with Crippen molar-refractivity contribution in [3.05, 3.63) is 65.7 Å². The molecule has 2 aromatic rings. The van der Waals surface area contributed by atoms with Crippen molar-refractivity contribution in [1.82, 2.24) is 10.6 Å². The maximum atomic E-state index is 12.8. The Labute approximate surface area is 157 Å². The van der Waals surface area contributed by atoms with E-state index in [9.17, 15) is 4.79 Å². The molecule has 0 saturated heterocycles. The molecule has 0 aliphatic heterocycles. The minimum Gasteiger partial charge on any atom is -0.496 e. The maximum absolute atomic E-state index is 12.8. The van der Waals surface area contributed by atoms with E-state index in [0.29, 0.717) is 17.9 Å². The van der Waals surface area contributed by atoms with Crippen molar-refractivity contribution in [3.8, 4) is 5.75 Å². The number of methoxy groups -OCH3 is 1. The largest absolute Gasteiger partial charge is 0.496 e. The number of carbonyl (C=O) groups is 1. The summed E-state index contributed by atoms with van der Waals surface area (Å²) in [5.74, 6) is 0.504.